The monoisotopic (exact) mass is 364 g/mol. The Morgan fingerprint density at radius 1 is 1.04 bits per heavy atom. The summed E-state index contributed by atoms with van der Waals surface area (Å²) in [4.78, 5) is 16.3. The molecule has 0 fully saturated rings. The number of nitrogens with one attached hydrogen (secondary N) is 1. The van der Waals surface area contributed by atoms with Crippen molar-refractivity contribution < 1.29 is 4.79 Å². The van der Waals surface area contributed by atoms with Crippen LogP contribution in [-0.2, 0) is 11.3 Å². The van der Waals surface area contributed by atoms with E-state index < -0.39 is 0 Å². The van der Waals surface area contributed by atoms with Gasteiger partial charge in [0.15, 0.2) is 0 Å². The van der Waals surface area contributed by atoms with E-state index in [2.05, 4.69) is 46.8 Å². The van der Waals surface area contributed by atoms with Gasteiger partial charge in [-0.05, 0) is 36.5 Å². The van der Waals surface area contributed by atoms with E-state index in [9.17, 15) is 4.79 Å². The van der Waals surface area contributed by atoms with Crippen LogP contribution in [0.15, 0.2) is 72.1 Å². The maximum Gasteiger partial charge on any atom is 0.241 e. The summed E-state index contributed by atoms with van der Waals surface area (Å²) in [6.07, 6.45) is 0. The first-order chi connectivity index (χ1) is 12.7. The van der Waals surface area contributed by atoms with E-state index in [1.807, 2.05) is 49.4 Å². The van der Waals surface area contributed by atoms with Crippen LogP contribution in [0.4, 0.5) is 5.69 Å². The molecule has 1 aromatic heterocycles. The zero-order chi connectivity index (χ0) is 18.4. The Morgan fingerprint density at radius 2 is 1.77 bits per heavy atom. The zero-order valence-electron chi connectivity index (χ0n) is 15.2. The molecule has 0 bridgehead atoms. The Labute approximate surface area is 159 Å². The van der Waals surface area contributed by atoms with Gasteiger partial charge >= 0.3 is 0 Å². The van der Waals surface area contributed by atoms with E-state index >= 15 is 0 Å². The van der Waals surface area contributed by atoms with Crippen LogP contribution in [-0.4, -0.2) is 23.4 Å². The molecule has 0 saturated carbocycles. The fourth-order valence-electron chi connectivity index (χ4n) is 2.99. The maximum absolute atomic E-state index is 12.9. The molecule has 134 valence electrons. The van der Waals surface area contributed by atoms with Crippen LogP contribution in [0.1, 0.15) is 18.7 Å². The molecule has 0 radical (unpaired) electrons. The average molecular weight is 365 g/mol. The van der Waals surface area contributed by atoms with Gasteiger partial charge in [0.05, 0.1) is 6.04 Å². The first-order valence-electron chi connectivity index (χ1n) is 8.90. The molecular formula is C22H24N2OS. The minimum Gasteiger partial charge on any atom is -0.324 e. The highest BCUT2D eigenvalue weighted by atomic mass is 32.1. The fourth-order valence-corrected chi connectivity index (χ4v) is 3.72. The molecule has 0 aliphatic carbocycles. The lowest BCUT2D eigenvalue weighted by molar-refractivity contribution is -0.120. The second-order valence-electron chi connectivity index (χ2n) is 6.22. The third-order valence-electron chi connectivity index (χ3n) is 4.54. The van der Waals surface area contributed by atoms with Crippen molar-refractivity contribution in [2.75, 3.05) is 11.9 Å². The molecule has 0 saturated heterocycles. The van der Waals surface area contributed by atoms with E-state index in [1.165, 1.54) is 4.88 Å². The van der Waals surface area contributed by atoms with Gasteiger partial charge in [0.1, 0.15) is 0 Å². The Hall–Kier alpha value is -2.43. The first-order valence-corrected chi connectivity index (χ1v) is 9.78. The number of carbonyl (C=O) groups excluding carboxylic acids is 1. The molecule has 1 atom stereocenters. The minimum absolute atomic E-state index is 0.0202. The van der Waals surface area contributed by atoms with Crippen molar-refractivity contribution in [1.82, 2.24) is 4.90 Å². The third kappa shape index (κ3) is 4.40. The maximum atomic E-state index is 12.9. The summed E-state index contributed by atoms with van der Waals surface area (Å²) in [5.41, 5.74) is 2.99. The molecule has 0 aliphatic rings. The topological polar surface area (TPSA) is 32.3 Å². The molecule has 1 amide bonds. The van der Waals surface area contributed by atoms with Crippen LogP contribution < -0.4 is 5.32 Å². The van der Waals surface area contributed by atoms with Crippen LogP contribution in [0.5, 0.6) is 0 Å². The smallest absolute Gasteiger partial charge is 0.241 e. The van der Waals surface area contributed by atoms with Crippen LogP contribution in [0.2, 0.25) is 0 Å². The number of likely N-dealkylation sites (N-methyl/N-ethyl adjacent to an activating group) is 1. The molecule has 3 aromatic rings. The van der Waals surface area contributed by atoms with Gasteiger partial charge < -0.3 is 5.32 Å². The molecule has 1 N–H and O–H groups in total. The van der Waals surface area contributed by atoms with Gasteiger partial charge in [-0.1, -0.05) is 61.5 Å². The molecule has 1 heterocycles. The number of rotatable bonds is 7. The number of benzene rings is 2. The SMILES string of the molecule is CCN(Cc1cccs1)C(C)C(=O)Nc1ccccc1-c1ccccc1. The Kier molecular flexibility index (Phi) is 6.21. The second-order valence-corrected chi connectivity index (χ2v) is 7.25. The van der Waals surface area contributed by atoms with E-state index in [-0.39, 0.29) is 11.9 Å². The van der Waals surface area contributed by atoms with Gasteiger partial charge in [0.25, 0.3) is 0 Å². The molecule has 26 heavy (non-hydrogen) atoms. The second kappa shape index (κ2) is 8.79. The number of hydrogen-bond donors (Lipinski definition) is 1. The van der Waals surface area contributed by atoms with Crippen LogP contribution >= 0.6 is 11.3 Å². The molecule has 3 nitrogen and oxygen atoms in total. The van der Waals surface area contributed by atoms with Crippen LogP contribution in [0, 0.1) is 0 Å². The number of carbonyl (C=O) groups is 1. The summed E-state index contributed by atoms with van der Waals surface area (Å²) in [6, 6.07) is 22.0. The van der Waals surface area contributed by atoms with Crippen molar-refractivity contribution in [3.05, 3.63) is 77.0 Å². The summed E-state index contributed by atoms with van der Waals surface area (Å²) < 4.78 is 0. The third-order valence-corrected chi connectivity index (χ3v) is 5.40. The first kappa shape index (κ1) is 18.4. The molecule has 2 aromatic carbocycles. The van der Waals surface area contributed by atoms with Crippen molar-refractivity contribution >= 4 is 22.9 Å². The summed E-state index contributed by atoms with van der Waals surface area (Å²) >= 11 is 1.73. The summed E-state index contributed by atoms with van der Waals surface area (Å²) in [5.74, 6) is 0.0202. The van der Waals surface area contributed by atoms with Gasteiger partial charge in [0.2, 0.25) is 5.91 Å². The zero-order valence-corrected chi connectivity index (χ0v) is 16.0. The van der Waals surface area contributed by atoms with Gasteiger partial charge in [-0.15, -0.1) is 11.3 Å². The summed E-state index contributed by atoms with van der Waals surface area (Å²) in [5, 5.41) is 5.20. The highest BCUT2D eigenvalue weighted by Gasteiger charge is 2.21. The largest absolute Gasteiger partial charge is 0.324 e. The molecule has 1 unspecified atom stereocenters. The lowest BCUT2D eigenvalue weighted by atomic mass is 10.0. The number of para-hydroxylation sites is 1. The van der Waals surface area contributed by atoms with Gasteiger partial charge in [-0.25, -0.2) is 0 Å². The lowest BCUT2D eigenvalue weighted by Crippen LogP contribution is -2.41. The van der Waals surface area contributed by atoms with Crippen molar-refractivity contribution in [2.24, 2.45) is 0 Å². The summed E-state index contributed by atoms with van der Waals surface area (Å²) in [7, 11) is 0. The van der Waals surface area contributed by atoms with Crippen molar-refractivity contribution in [3.8, 4) is 11.1 Å². The molecular weight excluding hydrogens is 340 g/mol. The standard InChI is InChI=1S/C22H24N2OS/c1-3-24(16-19-12-9-15-26-19)17(2)22(25)23-21-14-8-7-13-20(21)18-10-5-4-6-11-18/h4-15,17H,3,16H2,1-2H3,(H,23,25). The molecule has 0 aliphatic heterocycles. The highest BCUT2D eigenvalue weighted by molar-refractivity contribution is 7.09. The molecule has 3 rings (SSSR count). The number of thiophene rings is 1. The van der Waals surface area contributed by atoms with Crippen molar-refractivity contribution in [2.45, 2.75) is 26.4 Å². The highest BCUT2D eigenvalue weighted by Crippen LogP contribution is 2.28. The normalized spacial score (nSPS) is 12.1. The van der Waals surface area contributed by atoms with Crippen molar-refractivity contribution in [1.29, 1.82) is 0 Å². The Balaban J connectivity index is 1.75. The van der Waals surface area contributed by atoms with E-state index in [0.717, 1.165) is 29.9 Å². The fraction of sp³-hybridized carbons (Fsp3) is 0.227. The molecule has 4 heteroatoms. The average Bonchev–Trinajstić information content (AvgIpc) is 3.20. The Bertz CT molecular complexity index is 830. The van der Waals surface area contributed by atoms with Crippen molar-refractivity contribution in [3.63, 3.8) is 0 Å². The Morgan fingerprint density at radius 3 is 2.46 bits per heavy atom. The van der Waals surface area contributed by atoms with Gasteiger partial charge in [0, 0.05) is 22.7 Å². The number of amides is 1. The predicted octanol–water partition coefficient (Wildman–Crippen LogP) is 5.26. The van der Waals surface area contributed by atoms with E-state index in [4.69, 9.17) is 0 Å². The van der Waals surface area contributed by atoms with E-state index in [0.29, 0.717) is 0 Å². The lowest BCUT2D eigenvalue weighted by Gasteiger charge is -2.26. The quantitative estimate of drug-likeness (QED) is 0.620. The van der Waals surface area contributed by atoms with Crippen LogP contribution in [0.3, 0.4) is 0 Å². The number of anilines is 1. The van der Waals surface area contributed by atoms with E-state index in [1.54, 1.807) is 11.3 Å². The number of nitrogens with zero attached hydrogens (tertiary/aromatic N) is 1. The molecule has 0 spiro atoms. The summed E-state index contributed by atoms with van der Waals surface area (Å²) in [6.45, 7) is 5.68. The van der Waals surface area contributed by atoms with Gasteiger partial charge in [-0.3, -0.25) is 9.69 Å². The van der Waals surface area contributed by atoms with Crippen LogP contribution in [0.25, 0.3) is 11.1 Å². The van der Waals surface area contributed by atoms with Gasteiger partial charge in [-0.2, -0.15) is 0 Å². The minimum atomic E-state index is -0.203. The number of hydrogen-bond acceptors (Lipinski definition) is 3. The predicted molar refractivity (Wildman–Crippen MR) is 110 cm³/mol.